The van der Waals surface area contributed by atoms with E-state index in [1.165, 1.54) is 0 Å². The van der Waals surface area contributed by atoms with Crippen LogP contribution in [0.5, 0.6) is 0 Å². The second kappa shape index (κ2) is 2.23. The van der Waals surface area contributed by atoms with Crippen LogP contribution in [-0.4, -0.2) is 12.4 Å². The summed E-state index contributed by atoms with van der Waals surface area (Å²) < 4.78 is 0. The minimum absolute atomic E-state index is 0.130. The van der Waals surface area contributed by atoms with E-state index in [-0.39, 0.29) is 22.7 Å². The molecule has 4 unspecified atom stereocenters. The Balaban J connectivity index is 2.41. The summed E-state index contributed by atoms with van der Waals surface area (Å²) in [6.07, 6.45) is 6.37. The van der Waals surface area contributed by atoms with E-state index in [1.54, 1.807) is 0 Å². The molecular weight excluding hydrogens is 160 g/mol. The number of nitrogens with one attached hydrogen (secondary N) is 2. The van der Waals surface area contributed by atoms with Crippen LogP contribution in [0.1, 0.15) is 27.2 Å². The molecule has 0 amide bonds. The fourth-order valence-electron chi connectivity index (χ4n) is 3.43. The second-order valence-corrected chi connectivity index (χ2v) is 5.24. The molecule has 2 bridgehead atoms. The molecule has 3 saturated carbocycles. The highest BCUT2D eigenvalue weighted by atomic mass is 14.8. The van der Waals surface area contributed by atoms with Crippen molar-refractivity contribution in [2.75, 3.05) is 0 Å². The van der Waals surface area contributed by atoms with Crippen LogP contribution in [0.2, 0.25) is 0 Å². The van der Waals surface area contributed by atoms with Gasteiger partial charge in [-0.3, -0.25) is 0 Å². The lowest BCUT2D eigenvalue weighted by Gasteiger charge is -2.54. The van der Waals surface area contributed by atoms with Gasteiger partial charge in [-0.2, -0.15) is 0 Å². The quantitative estimate of drug-likeness (QED) is 0.607. The Morgan fingerprint density at radius 3 is 2.08 bits per heavy atom. The summed E-state index contributed by atoms with van der Waals surface area (Å²) >= 11 is 0. The lowest BCUT2D eigenvalue weighted by molar-refractivity contribution is -0.0501. The Hall–Kier alpha value is -0.660. The van der Waals surface area contributed by atoms with Gasteiger partial charge in [0.2, 0.25) is 0 Å². The Kier molecular flexibility index (Phi) is 1.53. The summed E-state index contributed by atoms with van der Waals surface area (Å²) in [7, 11) is 0. The van der Waals surface area contributed by atoms with Gasteiger partial charge in [0.05, 0.1) is 12.4 Å². The largest absolute Gasteiger partial charge is 0.303 e. The maximum absolute atomic E-state index is 7.32. The normalized spacial score (nSPS) is 51.2. The third-order valence-corrected chi connectivity index (χ3v) is 4.84. The minimum Gasteiger partial charge on any atom is -0.303 e. The van der Waals surface area contributed by atoms with E-state index in [2.05, 4.69) is 33.2 Å². The summed E-state index contributed by atoms with van der Waals surface area (Å²) in [6.45, 7) is 6.73. The Morgan fingerprint density at radius 2 is 1.77 bits per heavy atom. The highest BCUT2D eigenvalue weighted by Crippen LogP contribution is 2.74. The summed E-state index contributed by atoms with van der Waals surface area (Å²) in [5.74, 6) is 0.834. The van der Waals surface area contributed by atoms with Gasteiger partial charge in [-0.25, -0.2) is 0 Å². The van der Waals surface area contributed by atoms with Crippen molar-refractivity contribution < 1.29 is 0 Å². The van der Waals surface area contributed by atoms with Crippen LogP contribution < -0.4 is 0 Å². The van der Waals surface area contributed by atoms with E-state index in [0.717, 1.165) is 6.42 Å². The van der Waals surface area contributed by atoms with Crippen LogP contribution in [0, 0.1) is 39.4 Å². The molecule has 2 N–H and O–H groups in total. The van der Waals surface area contributed by atoms with Crippen molar-refractivity contribution in [3.63, 3.8) is 0 Å². The first-order valence-electron chi connectivity index (χ1n) is 4.83. The molecule has 0 saturated heterocycles. The van der Waals surface area contributed by atoms with Crippen molar-refractivity contribution in [1.82, 2.24) is 0 Å². The van der Waals surface area contributed by atoms with Crippen molar-refractivity contribution in [2.24, 2.45) is 28.6 Å². The zero-order valence-electron chi connectivity index (χ0n) is 8.44. The van der Waals surface area contributed by atoms with Gasteiger partial charge in [0.1, 0.15) is 0 Å². The predicted molar refractivity (Wildman–Crippen MR) is 52.4 cm³/mol. The minimum atomic E-state index is 0.130. The summed E-state index contributed by atoms with van der Waals surface area (Å²) in [5, 5.41) is 14.6. The Morgan fingerprint density at radius 1 is 1.15 bits per heavy atom. The Bertz CT molecular complexity index is 269. The molecule has 2 heteroatoms. The summed E-state index contributed by atoms with van der Waals surface area (Å²) in [5.41, 5.74) is 0.461. The topological polar surface area (TPSA) is 47.7 Å². The predicted octanol–water partition coefficient (Wildman–Crippen LogP) is 2.34. The molecule has 0 aromatic rings. The smallest absolute Gasteiger partial charge is 0.0568 e. The highest BCUT2D eigenvalue weighted by molar-refractivity contribution is 5.72. The fourth-order valence-corrected chi connectivity index (χ4v) is 3.43. The van der Waals surface area contributed by atoms with Crippen LogP contribution in [0.25, 0.3) is 0 Å². The molecule has 3 fully saturated rings. The molecule has 0 aliphatic heterocycles. The van der Waals surface area contributed by atoms with Gasteiger partial charge in [0.25, 0.3) is 0 Å². The molecule has 0 heterocycles. The molecule has 0 aromatic heterocycles. The average Bonchev–Trinajstić information content (AvgIpc) is 2.48. The van der Waals surface area contributed by atoms with E-state index >= 15 is 0 Å². The lowest BCUT2D eigenvalue weighted by atomic mass is 9.50. The number of fused-ring (bicyclic) bond motifs is 1. The molecule has 3 rings (SSSR count). The zero-order chi connectivity index (χ0) is 9.85. The van der Waals surface area contributed by atoms with Crippen molar-refractivity contribution in [1.29, 1.82) is 10.8 Å². The molecule has 2 radical (unpaired) electrons. The maximum atomic E-state index is 7.32. The molecule has 2 nitrogen and oxygen atoms in total. The molecular formula is C11H16N2. The first-order valence-corrected chi connectivity index (χ1v) is 4.83. The van der Waals surface area contributed by atoms with E-state index in [0.29, 0.717) is 5.92 Å². The van der Waals surface area contributed by atoms with Crippen LogP contribution >= 0.6 is 0 Å². The van der Waals surface area contributed by atoms with Gasteiger partial charge in [0, 0.05) is 11.8 Å². The van der Waals surface area contributed by atoms with Crippen LogP contribution in [0.15, 0.2) is 0 Å². The van der Waals surface area contributed by atoms with Crippen LogP contribution in [-0.2, 0) is 0 Å². The molecule has 13 heavy (non-hydrogen) atoms. The van der Waals surface area contributed by atoms with E-state index in [4.69, 9.17) is 10.8 Å². The molecule has 4 atom stereocenters. The number of rotatable bonds is 2. The first-order chi connectivity index (χ1) is 5.99. The fraction of sp³-hybridized carbons (Fsp3) is 0.818. The van der Waals surface area contributed by atoms with Crippen LogP contribution in [0.3, 0.4) is 0 Å². The van der Waals surface area contributed by atoms with Gasteiger partial charge in [-0.05, 0) is 23.2 Å². The zero-order valence-corrected chi connectivity index (χ0v) is 8.44. The third kappa shape index (κ3) is 0.710. The highest BCUT2D eigenvalue weighted by Gasteiger charge is 2.70. The molecule has 0 spiro atoms. The molecule has 3 aliphatic carbocycles. The van der Waals surface area contributed by atoms with Gasteiger partial charge in [-0.15, -0.1) is 0 Å². The average molecular weight is 176 g/mol. The van der Waals surface area contributed by atoms with Crippen molar-refractivity contribution in [3.05, 3.63) is 0 Å². The number of hydrogen-bond acceptors (Lipinski definition) is 2. The van der Waals surface area contributed by atoms with Crippen molar-refractivity contribution in [3.8, 4) is 0 Å². The molecule has 3 aliphatic rings. The van der Waals surface area contributed by atoms with Gasteiger partial charge >= 0.3 is 0 Å². The lowest BCUT2D eigenvalue weighted by Crippen LogP contribution is -2.48. The SMILES string of the molecule is CC1(C)C2CC1(C)C([C]=N)C2[C]=N. The monoisotopic (exact) mass is 176 g/mol. The molecule has 70 valence electrons. The van der Waals surface area contributed by atoms with Crippen molar-refractivity contribution >= 4 is 12.4 Å². The summed E-state index contributed by atoms with van der Waals surface area (Å²) in [4.78, 5) is 0. The molecule has 0 aromatic carbocycles. The van der Waals surface area contributed by atoms with Gasteiger partial charge in [-0.1, -0.05) is 20.8 Å². The summed E-state index contributed by atoms with van der Waals surface area (Å²) in [6, 6.07) is 0. The van der Waals surface area contributed by atoms with E-state index < -0.39 is 0 Å². The van der Waals surface area contributed by atoms with E-state index in [9.17, 15) is 0 Å². The standard InChI is InChI=1S/C11H16N2/c1-10(2)8-4-11(10,3)9(6-13)7(8)5-12/h7-9,12-13H,4H2,1-3H3. The van der Waals surface area contributed by atoms with Gasteiger partial charge in [0.15, 0.2) is 0 Å². The van der Waals surface area contributed by atoms with E-state index in [1.807, 2.05) is 0 Å². The number of hydrogen-bond donors (Lipinski definition) is 2. The third-order valence-electron chi connectivity index (χ3n) is 4.84. The van der Waals surface area contributed by atoms with Crippen LogP contribution in [0.4, 0.5) is 0 Å². The maximum Gasteiger partial charge on any atom is 0.0568 e. The Labute approximate surface area is 79.7 Å². The second-order valence-electron chi connectivity index (χ2n) is 5.24. The van der Waals surface area contributed by atoms with Crippen molar-refractivity contribution in [2.45, 2.75) is 27.2 Å². The first kappa shape index (κ1) is 8.92. The van der Waals surface area contributed by atoms with Gasteiger partial charge < -0.3 is 10.8 Å².